The molecule has 3 rings (SSSR count). The van der Waals surface area contributed by atoms with Crippen molar-refractivity contribution in [1.82, 2.24) is 0 Å². The van der Waals surface area contributed by atoms with Crippen LogP contribution in [0.5, 0.6) is 23.0 Å². The summed E-state index contributed by atoms with van der Waals surface area (Å²) in [6, 6.07) is 10.6. The minimum Gasteiger partial charge on any atom is -0.496 e. The smallest absolute Gasteiger partial charge is 0.203 e. The van der Waals surface area contributed by atoms with Crippen molar-refractivity contribution in [3.63, 3.8) is 0 Å². The van der Waals surface area contributed by atoms with E-state index in [1.165, 1.54) is 21.3 Å². The van der Waals surface area contributed by atoms with Gasteiger partial charge in [0.25, 0.3) is 0 Å². The zero-order chi connectivity index (χ0) is 21.7. The van der Waals surface area contributed by atoms with Gasteiger partial charge in [-0.25, -0.2) is 0 Å². The monoisotopic (exact) mass is 408 g/mol. The molecular formula is C24H24O6. The van der Waals surface area contributed by atoms with Crippen molar-refractivity contribution in [2.75, 3.05) is 28.4 Å². The Balaban J connectivity index is 2.21. The Kier molecular flexibility index (Phi) is 6.47. The highest BCUT2D eigenvalue weighted by molar-refractivity contribution is 6.12. The summed E-state index contributed by atoms with van der Waals surface area (Å²) in [7, 11) is 6.07. The molecule has 2 aromatic carbocycles. The second-order valence-corrected chi connectivity index (χ2v) is 6.43. The van der Waals surface area contributed by atoms with Gasteiger partial charge in [-0.15, -0.1) is 6.58 Å². The summed E-state index contributed by atoms with van der Waals surface area (Å²) < 4.78 is 27.3. The molecule has 0 saturated heterocycles. The normalized spacial score (nSPS) is 10.4. The van der Waals surface area contributed by atoms with Gasteiger partial charge in [0.05, 0.1) is 40.3 Å². The van der Waals surface area contributed by atoms with Gasteiger partial charge in [0.2, 0.25) is 5.75 Å². The summed E-state index contributed by atoms with van der Waals surface area (Å²) in [6.07, 6.45) is 3.89. The van der Waals surface area contributed by atoms with E-state index in [2.05, 4.69) is 6.58 Å². The molecule has 0 radical (unpaired) electrons. The Labute approximate surface area is 175 Å². The van der Waals surface area contributed by atoms with Crippen molar-refractivity contribution in [3.05, 3.63) is 72.0 Å². The molecule has 3 aromatic rings. The molecule has 0 atom stereocenters. The molecule has 156 valence electrons. The van der Waals surface area contributed by atoms with Crippen LogP contribution >= 0.6 is 0 Å². The number of ether oxygens (including phenoxy) is 4. The molecule has 0 aliphatic carbocycles. The van der Waals surface area contributed by atoms with Gasteiger partial charge in [0, 0.05) is 11.1 Å². The second kappa shape index (κ2) is 9.22. The topological polar surface area (TPSA) is 67.1 Å². The molecule has 0 saturated carbocycles. The molecule has 6 heteroatoms. The van der Waals surface area contributed by atoms with Crippen molar-refractivity contribution in [2.24, 2.45) is 0 Å². The fraction of sp³-hybridized carbons (Fsp3) is 0.208. The van der Waals surface area contributed by atoms with Crippen LogP contribution in [0.15, 0.2) is 59.7 Å². The third-order valence-electron chi connectivity index (χ3n) is 4.71. The van der Waals surface area contributed by atoms with E-state index in [0.717, 1.165) is 11.1 Å². The van der Waals surface area contributed by atoms with E-state index in [9.17, 15) is 4.79 Å². The van der Waals surface area contributed by atoms with Crippen LogP contribution in [0.2, 0.25) is 0 Å². The summed E-state index contributed by atoms with van der Waals surface area (Å²) in [5.41, 5.74) is 2.38. The van der Waals surface area contributed by atoms with Crippen molar-refractivity contribution in [3.8, 4) is 34.3 Å². The Bertz CT molecular complexity index is 1020. The van der Waals surface area contributed by atoms with Crippen molar-refractivity contribution >= 4 is 5.78 Å². The molecular weight excluding hydrogens is 384 g/mol. The first-order valence-corrected chi connectivity index (χ1v) is 9.28. The van der Waals surface area contributed by atoms with Crippen LogP contribution in [-0.2, 0) is 6.42 Å². The molecule has 1 heterocycles. The SMILES string of the molecule is C=CCc1cc(-c2ccco2)cc(C(=O)c2cc(OC)c(OC)c(OC)c2)c1OC. The fourth-order valence-corrected chi connectivity index (χ4v) is 3.36. The van der Waals surface area contributed by atoms with E-state index in [1.807, 2.05) is 12.1 Å². The van der Waals surface area contributed by atoms with Gasteiger partial charge in [-0.3, -0.25) is 4.79 Å². The highest BCUT2D eigenvalue weighted by Crippen LogP contribution is 2.40. The maximum atomic E-state index is 13.6. The Morgan fingerprint density at radius 1 is 0.967 bits per heavy atom. The van der Waals surface area contributed by atoms with Crippen molar-refractivity contribution in [1.29, 1.82) is 0 Å². The first-order valence-electron chi connectivity index (χ1n) is 9.28. The van der Waals surface area contributed by atoms with Gasteiger partial charge in [-0.05, 0) is 48.4 Å². The average molecular weight is 408 g/mol. The average Bonchev–Trinajstić information content (AvgIpc) is 3.32. The lowest BCUT2D eigenvalue weighted by molar-refractivity contribution is 0.103. The lowest BCUT2D eigenvalue weighted by Gasteiger charge is -2.16. The number of furan rings is 1. The number of methoxy groups -OCH3 is 4. The molecule has 0 bridgehead atoms. The number of hydrogen-bond donors (Lipinski definition) is 0. The van der Waals surface area contributed by atoms with Crippen LogP contribution in [0, 0.1) is 0 Å². The third-order valence-corrected chi connectivity index (χ3v) is 4.71. The number of carbonyl (C=O) groups excluding carboxylic acids is 1. The maximum absolute atomic E-state index is 13.6. The lowest BCUT2D eigenvalue weighted by Crippen LogP contribution is -2.08. The molecule has 0 amide bonds. The van der Waals surface area contributed by atoms with Gasteiger partial charge in [-0.1, -0.05) is 6.08 Å². The van der Waals surface area contributed by atoms with Gasteiger partial charge < -0.3 is 23.4 Å². The Morgan fingerprint density at radius 3 is 2.13 bits per heavy atom. The molecule has 0 aliphatic rings. The predicted molar refractivity (Wildman–Crippen MR) is 114 cm³/mol. The van der Waals surface area contributed by atoms with Crippen LogP contribution in [-0.4, -0.2) is 34.2 Å². The largest absolute Gasteiger partial charge is 0.496 e. The standard InChI is InChI=1S/C24H24O6/c1-6-8-15-11-16(19-9-7-10-30-19)12-18(23(15)28-4)22(25)17-13-20(26-2)24(29-5)21(14-17)27-3/h6-7,9-14H,1,8H2,2-5H3. The van der Waals surface area contributed by atoms with E-state index in [0.29, 0.717) is 46.3 Å². The Morgan fingerprint density at radius 2 is 1.63 bits per heavy atom. The van der Waals surface area contributed by atoms with E-state index in [1.54, 1.807) is 43.7 Å². The summed E-state index contributed by atoms with van der Waals surface area (Å²) in [5, 5.41) is 0. The van der Waals surface area contributed by atoms with Gasteiger partial charge in [0.15, 0.2) is 17.3 Å². The lowest BCUT2D eigenvalue weighted by atomic mass is 9.94. The molecule has 0 unspecified atom stereocenters. The quantitative estimate of drug-likeness (QED) is 0.369. The van der Waals surface area contributed by atoms with Crippen LogP contribution < -0.4 is 18.9 Å². The van der Waals surface area contributed by atoms with E-state index in [4.69, 9.17) is 23.4 Å². The first-order chi connectivity index (χ1) is 14.6. The van der Waals surface area contributed by atoms with Gasteiger partial charge in [-0.2, -0.15) is 0 Å². The summed E-state index contributed by atoms with van der Waals surface area (Å²) >= 11 is 0. The first kappa shape index (κ1) is 21.0. The van der Waals surface area contributed by atoms with E-state index < -0.39 is 0 Å². The summed E-state index contributed by atoms with van der Waals surface area (Å²) in [6.45, 7) is 3.81. The molecule has 0 fully saturated rings. The van der Waals surface area contributed by atoms with Gasteiger partial charge in [0.1, 0.15) is 11.5 Å². The summed E-state index contributed by atoms with van der Waals surface area (Å²) in [4.78, 5) is 13.6. The molecule has 6 nitrogen and oxygen atoms in total. The third kappa shape index (κ3) is 3.89. The second-order valence-electron chi connectivity index (χ2n) is 6.43. The van der Waals surface area contributed by atoms with Crippen LogP contribution in [0.3, 0.4) is 0 Å². The number of ketones is 1. The zero-order valence-corrected chi connectivity index (χ0v) is 17.5. The molecule has 0 aliphatic heterocycles. The van der Waals surface area contributed by atoms with E-state index in [-0.39, 0.29) is 5.78 Å². The van der Waals surface area contributed by atoms with Crippen LogP contribution in [0.4, 0.5) is 0 Å². The highest BCUT2D eigenvalue weighted by atomic mass is 16.5. The minimum atomic E-state index is -0.246. The molecule has 1 aromatic heterocycles. The number of benzene rings is 2. The number of carbonyl (C=O) groups is 1. The predicted octanol–water partition coefficient (Wildman–Crippen LogP) is 4.94. The molecule has 30 heavy (non-hydrogen) atoms. The van der Waals surface area contributed by atoms with E-state index >= 15 is 0 Å². The molecule has 0 spiro atoms. The highest BCUT2D eigenvalue weighted by Gasteiger charge is 2.23. The number of rotatable bonds is 9. The maximum Gasteiger partial charge on any atom is 0.203 e. The fourth-order valence-electron chi connectivity index (χ4n) is 3.36. The van der Waals surface area contributed by atoms with Crippen LogP contribution in [0.25, 0.3) is 11.3 Å². The number of hydrogen-bond acceptors (Lipinski definition) is 6. The number of allylic oxidation sites excluding steroid dienone is 1. The van der Waals surface area contributed by atoms with Crippen LogP contribution in [0.1, 0.15) is 21.5 Å². The summed E-state index contributed by atoms with van der Waals surface area (Å²) in [5.74, 6) is 2.11. The van der Waals surface area contributed by atoms with Crippen molar-refractivity contribution in [2.45, 2.75) is 6.42 Å². The van der Waals surface area contributed by atoms with Gasteiger partial charge >= 0.3 is 0 Å². The Hall–Kier alpha value is -3.67. The van der Waals surface area contributed by atoms with Crippen molar-refractivity contribution < 1.29 is 28.2 Å². The minimum absolute atomic E-state index is 0.246. The molecule has 0 N–H and O–H groups in total. The zero-order valence-electron chi connectivity index (χ0n) is 17.5.